The van der Waals surface area contributed by atoms with Gasteiger partial charge in [-0.1, -0.05) is 11.6 Å². The number of hydrogen-bond donors (Lipinski definition) is 0. The molecule has 2 aromatic rings. The van der Waals surface area contributed by atoms with Gasteiger partial charge in [-0.2, -0.15) is 0 Å². The van der Waals surface area contributed by atoms with Gasteiger partial charge in [0.15, 0.2) is 0 Å². The minimum Gasteiger partial charge on any atom is -0.438 e. The Morgan fingerprint density at radius 1 is 1.33 bits per heavy atom. The minimum atomic E-state index is -0.472. The first-order valence-electron chi connectivity index (χ1n) is 4.79. The van der Waals surface area contributed by atoms with E-state index in [0.29, 0.717) is 21.1 Å². The van der Waals surface area contributed by atoms with E-state index in [1.807, 2.05) is 0 Å². The monoisotopic (exact) mass is 328 g/mol. The lowest BCUT2D eigenvalue weighted by molar-refractivity contribution is -0.384. The fourth-order valence-corrected chi connectivity index (χ4v) is 1.94. The van der Waals surface area contributed by atoms with Crippen molar-refractivity contribution in [3.05, 3.63) is 56.1 Å². The predicted octanol–water partition coefficient (Wildman–Crippen LogP) is 4.20. The van der Waals surface area contributed by atoms with Gasteiger partial charge in [-0.05, 0) is 34.1 Å². The molecule has 0 spiro atoms. The first-order chi connectivity index (χ1) is 8.56. The molecule has 1 heterocycles. The van der Waals surface area contributed by atoms with Gasteiger partial charge in [0, 0.05) is 18.3 Å². The summed E-state index contributed by atoms with van der Waals surface area (Å²) in [5.74, 6) is 0.796. The van der Waals surface area contributed by atoms with E-state index in [9.17, 15) is 10.1 Å². The highest BCUT2D eigenvalue weighted by atomic mass is 79.9. The quantitative estimate of drug-likeness (QED) is 0.625. The van der Waals surface area contributed by atoms with E-state index in [0.717, 1.165) is 0 Å². The van der Waals surface area contributed by atoms with Crippen molar-refractivity contribution in [1.82, 2.24) is 4.98 Å². The van der Waals surface area contributed by atoms with Crippen LogP contribution in [0.2, 0.25) is 5.02 Å². The minimum absolute atomic E-state index is 0.00507. The van der Waals surface area contributed by atoms with Gasteiger partial charge in [0.05, 0.1) is 14.4 Å². The van der Waals surface area contributed by atoms with Crippen molar-refractivity contribution in [2.45, 2.75) is 0 Å². The molecular formula is C11H6BrClN2O3. The average Bonchev–Trinajstić information content (AvgIpc) is 2.33. The smallest absolute Gasteiger partial charge is 0.269 e. The molecule has 1 aromatic carbocycles. The molecule has 0 saturated heterocycles. The summed E-state index contributed by atoms with van der Waals surface area (Å²) in [6, 6.07) is 7.37. The normalized spacial score (nSPS) is 10.1. The molecule has 0 unspecified atom stereocenters. The number of halogens is 2. The molecule has 0 radical (unpaired) electrons. The average molecular weight is 330 g/mol. The van der Waals surface area contributed by atoms with Crippen molar-refractivity contribution in [1.29, 1.82) is 0 Å². The van der Waals surface area contributed by atoms with E-state index in [1.54, 1.807) is 6.07 Å². The van der Waals surface area contributed by atoms with Crippen molar-refractivity contribution < 1.29 is 9.66 Å². The number of pyridine rings is 1. The van der Waals surface area contributed by atoms with Crippen LogP contribution in [0.1, 0.15) is 0 Å². The van der Waals surface area contributed by atoms with Crippen molar-refractivity contribution in [2.24, 2.45) is 0 Å². The molecule has 18 heavy (non-hydrogen) atoms. The summed E-state index contributed by atoms with van der Waals surface area (Å²) in [5, 5.41) is 11.0. The summed E-state index contributed by atoms with van der Waals surface area (Å²) >= 11 is 9.01. The number of hydrogen-bond acceptors (Lipinski definition) is 4. The van der Waals surface area contributed by atoms with Gasteiger partial charge < -0.3 is 4.74 Å². The summed E-state index contributed by atoms with van der Waals surface area (Å²) in [4.78, 5) is 14.0. The Kier molecular flexibility index (Phi) is 3.78. The largest absolute Gasteiger partial charge is 0.438 e. The summed E-state index contributed by atoms with van der Waals surface area (Å²) in [7, 11) is 0. The van der Waals surface area contributed by atoms with Gasteiger partial charge in [-0.15, -0.1) is 0 Å². The van der Waals surface area contributed by atoms with Crippen LogP contribution in [0, 0.1) is 10.1 Å². The highest BCUT2D eigenvalue weighted by Gasteiger charge is 2.08. The number of rotatable bonds is 3. The molecule has 0 aliphatic heterocycles. The Morgan fingerprint density at radius 2 is 2.00 bits per heavy atom. The van der Waals surface area contributed by atoms with E-state index >= 15 is 0 Å². The first-order valence-corrected chi connectivity index (χ1v) is 5.97. The number of aromatic nitrogens is 1. The maximum atomic E-state index is 10.5. The Labute approximate surface area is 116 Å². The molecule has 0 N–H and O–H groups in total. The van der Waals surface area contributed by atoms with E-state index in [-0.39, 0.29) is 5.69 Å². The molecular weight excluding hydrogens is 323 g/mol. The lowest BCUT2D eigenvalue weighted by Gasteiger charge is -2.06. The van der Waals surface area contributed by atoms with Crippen molar-refractivity contribution >= 4 is 33.2 Å². The molecule has 2 rings (SSSR count). The van der Waals surface area contributed by atoms with Gasteiger partial charge >= 0.3 is 0 Å². The highest BCUT2D eigenvalue weighted by molar-refractivity contribution is 9.10. The second-order valence-electron chi connectivity index (χ2n) is 3.29. The van der Waals surface area contributed by atoms with Crippen molar-refractivity contribution in [3.8, 4) is 11.6 Å². The number of non-ortho nitro benzene ring substituents is 1. The Hall–Kier alpha value is -1.66. The number of nitro benzene ring substituents is 1. The first kappa shape index (κ1) is 12.8. The van der Waals surface area contributed by atoms with Crippen molar-refractivity contribution in [3.63, 3.8) is 0 Å². The summed E-state index contributed by atoms with van der Waals surface area (Å²) in [6.45, 7) is 0. The molecule has 7 heteroatoms. The third kappa shape index (κ3) is 2.96. The number of benzene rings is 1. The molecule has 5 nitrogen and oxygen atoms in total. The third-order valence-corrected chi connectivity index (χ3v) is 2.81. The summed E-state index contributed by atoms with van der Waals surface area (Å²) in [6.07, 6.45) is 1.45. The second kappa shape index (κ2) is 5.32. The molecule has 1 aromatic heterocycles. The van der Waals surface area contributed by atoms with Gasteiger partial charge in [-0.25, -0.2) is 4.98 Å². The molecule has 0 aliphatic rings. The van der Waals surface area contributed by atoms with Gasteiger partial charge in [-0.3, -0.25) is 10.1 Å². The predicted molar refractivity (Wildman–Crippen MR) is 70.1 cm³/mol. The molecule has 92 valence electrons. The van der Waals surface area contributed by atoms with Crippen LogP contribution in [-0.4, -0.2) is 9.91 Å². The molecule has 0 aliphatic carbocycles. The molecule has 0 fully saturated rings. The summed E-state index contributed by atoms with van der Waals surface area (Å²) in [5.41, 5.74) is 0.00507. The number of ether oxygens (including phenoxy) is 1. The van der Waals surface area contributed by atoms with Crippen LogP contribution < -0.4 is 4.74 Å². The van der Waals surface area contributed by atoms with Crippen LogP contribution >= 0.6 is 27.5 Å². The van der Waals surface area contributed by atoms with Gasteiger partial charge in [0.1, 0.15) is 5.75 Å². The Morgan fingerprint density at radius 3 is 2.56 bits per heavy atom. The van der Waals surface area contributed by atoms with Crippen LogP contribution in [0.5, 0.6) is 11.6 Å². The Bertz CT molecular complexity index is 589. The topological polar surface area (TPSA) is 65.3 Å². The fraction of sp³-hybridized carbons (Fsp3) is 0. The Balaban J connectivity index is 2.21. The lowest BCUT2D eigenvalue weighted by atomic mass is 10.3. The lowest BCUT2D eigenvalue weighted by Crippen LogP contribution is -1.90. The maximum Gasteiger partial charge on any atom is 0.269 e. The number of nitrogens with zero attached hydrogens (tertiary/aromatic N) is 2. The van der Waals surface area contributed by atoms with Gasteiger partial charge in [0.2, 0.25) is 5.88 Å². The zero-order valence-corrected chi connectivity index (χ0v) is 11.2. The van der Waals surface area contributed by atoms with E-state index < -0.39 is 4.92 Å². The maximum absolute atomic E-state index is 10.5. The molecule has 0 amide bonds. The second-order valence-corrected chi connectivity index (χ2v) is 4.58. The zero-order chi connectivity index (χ0) is 13.1. The van der Waals surface area contributed by atoms with E-state index in [2.05, 4.69) is 20.9 Å². The number of nitro groups is 1. The van der Waals surface area contributed by atoms with E-state index in [4.69, 9.17) is 16.3 Å². The standard InChI is InChI=1S/C11H6BrClN2O3/c12-10-5-7(13)6-14-11(10)18-9-3-1-8(2-4-9)15(16)17/h1-6H. The van der Waals surface area contributed by atoms with E-state index in [1.165, 1.54) is 30.5 Å². The van der Waals surface area contributed by atoms with Gasteiger partial charge in [0.25, 0.3) is 5.69 Å². The third-order valence-electron chi connectivity index (χ3n) is 2.04. The summed E-state index contributed by atoms with van der Waals surface area (Å²) < 4.78 is 6.06. The molecule has 0 saturated carbocycles. The van der Waals surface area contributed by atoms with Crippen LogP contribution in [-0.2, 0) is 0 Å². The van der Waals surface area contributed by atoms with Crippen LogP contribution in [0.3, 0.4) is 0 Å². The van der Waals surface area contributed by atoms with Crippen molar-refractivity contribution in [2.75, 3.05) is 0 Å². The van der Waals surface area contributed by atoms with Crippen LogP contribution in [0.15, 0.2) is 41.0 Å². The molecule has 0 atom stereocenters. The zero-order valence-electron chi connectivity index (χ0n) is 8.84. The fourth-order valence-electron chi connectivity index (χ4n) is 1.22. The SMILES string of the molecule is O=[N+]([O-])c1ccc(Oc2ncc(Cl)cc2Br)cc1. The highest BCUT2D eigenvalue weighted by Crippen LogP contribution is 2.30. The van der Waals surface area contributed by atoms with Crippen LogP contribution in [0.25, 0.3) is 0 Å². The molecule has 0 bridgehead atoms. The van der Waals surface area contributed by atoms with Crippen LogP contribution in [0.4, 0.5) is 5.69 Å².